The van der Waals surface area contributed by atoms with Crippen LogP contribution in [0.4, 0.5) is 0 Å². The molecule has 1 aromatic rings. The molecule has 0 radical (unpaired) electrons. The van der Waals surface area contributed by atoms with Crippen molar-refractivity contribution < 1.29 is 4.74 Å². The third-order valence-corrected chi connectivity index (χ3v) is 2.62. The maximum atomic E-state index is 6.07. The Morgan fingerprint density at radius 3 is 2.53 bits per heavy atom. The average Bonchev–Trinajstić information content (AvgIpc) is 2.29. The fourth-order valence-corrected chi connectivity index (χ4v) is 1.61. The van der Waals surface area contributed by atoms with Crippen molar-refractivity contribution in [3.05, 3.63) is 29.3 Å². The molecule has 2 N–H and O–H groups in total. The van der Waals surface area contributed by atoms with Gasteiger partial charge >= 0.3 is 0 Å². The predicted octanol–water partition coefficient (Wildman–Crippen LogP) is 3.06. The zero-order valence-corrected chi connectivity index (χ0v) is 9.92. The molecule has 0 aliphatic heterocycles. The lowest BCUT2D eigenvalue weighted by Gasteiger charge is -2.16. The average molecular weight is 207 g/mol. The van der Waals surface area contributed by atoms with Gasteiger partial charge in [0.05, 0.1) is 6.61 Å². The van der Waals surface area contributed by atoms with Gasteiger partial charge in [-0.1, -0.05) is 26.0 Å². The van der Waals surface area contributed by atoms with E-state index >= 15 is 0 Å². The van der Waals surface area contributed by atoms with Crippen LogP contribution in [0.5, 0.6) is 5.75 Å². The van der Waals surface area contributed by atoms with Gasteiger partial charge in [-0.25, -0.2) is 0 Å². The van der Waals surface area contributed by atoms with Gasteiger partial charge in [0.2, 0.25) is 0 Å². The van der Waals surface area contributed by atoms with E-state index in [4.69, 9.17) is 10.5 Å². The molecule has 0 fully saturated rings. The maximum absolute atomic E-state index is 6.07. The molecular weight excluding hydrogens is 186 g/mol. The van der Waals surface area contributed by atoms with Gasteiger partial charge < -0.3 is 10.5 Å². The zero-order valence-electron chi connectivity index (χ0n) is 9.92. The summed E-state index contributed by atoms with van der Waals surface area (Å²) in [5.74, 6) is 0.934. The van der Waals surface area contributed by atoms with Crippen molar-refractivity contribution in [1.29, 1.82) is 0 Å². The van der Waals surface area contributed by atoms with Crippen molar-refractivity contribution in [2.75, 3.05) is 6.61 Å². The molecule has 0 bridgehead atoms. The highest BCUT2D eigenvalue weighted by Gasteiger charge is 2.10. The van der Waals surface area contributed by atoms with Crippen LogP contribution in [-0.4, -0.2) is 6.61 Å². The Labute approximate surface area is 92.4 Å². The summed E-state index contributed by atoms with van der Waals surface area (Å²) in [4.78, 5) is 0. The lowest BCUT2D eigenvalue weighted by Crippen LogP contribution is -2.11. The van der Waals surface area contributed by atoms with Crippen LogP contribution in [0, 0.1) is 0 Å². The standard InChI is InChI=1S/C13H21NO/c1-4-10-7-8-13(15-6-3)11(9-10)12(14)5-2/h7-9,12H,4-6,14H2,1-3H3. The van der Waals surface area contributed by atoms with Crippen LogP contribution in [0.3, 0.4) is 0 Å². The molecule has 15 heavy (non-hydrogen) atoms. The van der Waals surface area contributed by atoms with Crippen LogP contribution in [-0.2, 0) is 6.42 Å². The van der Waals surface area contributed by atoms with E-state index in [1.807, 2.05) is 13.0 Å². The number of aryl methyl sites for hydroxylation is 1. The first-order valence-corrected chi connectivity index (χ1v) is 5.74. The second-order valence-corrected chi connectivity index (χ2v) is 3.67. The summed E-state index contributed by atoms with van der Waals surface area (Å²) in [6.45, 7) is 6.93. The highest BCUT2D eigenvalue weighted by Crippen LogP contribution is 2.27. The zero-order chi connectivity index (χ0) is 11.3. The molecule has 1 unspecified atom stereocenters. The fourth-order valence-electron chi connectivity index (χ4n) is 1.61. The van der Waals surface area contributed by atoms with Gasteiger partial charge in [-0.2, -0.15) is 0 Å². The first-order chi connectivity index (χ1) is 7.22. The van der Waals surface area contributed by atoms with Crippen LogP contribution in [0.2, 0.25) is 0 Å². The van der Waals surface area contributed by atoms with Crippen LogP contribution in [0.1, 0.15) is 44.4 Å². The molecule has 0 saturated heterocycles. The summed E-state index contributed by atoms with van der Waals surface area (Å²) < 4.78 is 5.58. The van der Waals surface area contributed by atoms with Crippen LogP contribution < -0.4 is 10.5 Å². The highest BCUT2D eigenvalue weighted by molar-refractivity contribution is 5.39. The molecule has 2 nitrogen and oxygen atoms in total. The predicted molar refractivity (Wildman–Crippen MR) is 64.2 cm³/mol. The summed E-state index contributed by atoms with van der Waals surface area (Å²) in [7, 11) is 0. The number of ether oxygens (including phenoxy) is 1. The van der Waals surface area contributed by atoms with Gasteiger partial charge in [-0.05, 0) is 31.4 Å². The van der Waals surface area contributed by atoms with Gasteiger partial charge in [-0.15, -0.1) is 0 Å². The van der Waals surface area contributed by atoms with Gasteiger partial charge in [-0.3, -0.25) is 0 Å². The molecule has 0 amide bonds. The van der Waals surface area contributed by atoms with Crippen molar-refractivity contribution in [3.63, 3.8) is 0 Å². The second-order valence-electron chi connectivity index (χ2n) is 3.67. The first-order valence-electron chi connectivity index (χ1n) is 5.74. The van der Waals surface area contributed by atoms with Gasteiger partial charge in [0.25, 0.3) is 0 Å². The minimum absolute atomic E-state index is 0.0815. The highest BCUT2D eigenvalue weighted by atomic mass is 16.5. The van der Waals surface area contributed by atoms with Gasteiger partial charge in [0, 0.05) is 11.6 Å². The molecule has 1 aromatic carbocycles. The molecule has 0 spiro atoms. The van der Waals surface area contributed by atoms with Crippen LogP contribution in [0.25, 0.3) is 0 Å². The van der Waals surface area contributed by atoms with E-state index in [2.05, 4.69) is 26.0 Å². The summed E-state index contributed by atoms with van der Waals surface area (Å²) in [6, 6.07) is 6.39. The molecule has 0 aliphatic carbocycles. The summed E-state index contributed by atoms with van der Waals surface area (Å²) in [5, 5.41) is 0. The monoisotopic (exact) mass is 207 g/mol. The molecule has 2 heteroatoms. The Bertz CT molecular complexity index is 309. The van der Waals surface area contributed by atoms with Crippen LogP contribution >= 0.6 is 0 Å². The Morgan fingerprint density at radius 1 is 1.27 bits per heavy atom. The summed E-state index contributed by atoms with van der Waals surface area (Å²) >= 11 is 0. The lowest BCUT2D eigenvalue weighted by molar-refractivity contribution is 0.333. The first kappa shape index (κ1) is 12.1. The Kier molecular flexibility index (Phi) is 4.63. The number of hydrogen-bond acceptors (Lipinski definition) is 2. The fraction of sp³-hybridized carbons (Fsp3) is 0.538. The Morgan fingerprint density at radius 2 is 2.00 bits per heavy atom. The largest absolute Gasteiger partial charge is 0.494 e. The van der Waals surface area contributed by atoms with Crippen molar-refractivity contribution in [2.24, 2.45) is 5.73 Å². The van der Waals surface area contributed by atoms with Gasteiger partial charge in [0.15, 0.2) is 0 Å². The maximum Gasteiger partial charge on any atom is 0.124 e. The van der Waals surface area contributed by atoms with E-state index in [1.165, 1.54) is 5.56 Å². The van der Waals surface area contributed by atoms with E-state index in [0.29, 0.717) is 6.61 Å². The molecular formula is C13H21NO. The third-order valence-electron chi connectivity index (χ3n) is 2.62. The van der Waals surface area contributed by atoms with E-state index in [9.17, 15) is 0 Å². The molecule has 1 rings (SSSR count). The summed E-state index contributed by atoms with van der Waals surface area (Å²) in [6.07, 6.45) is 1.98. The number of hydrogen-bond donors (Lipinski definition) is 1. The normalized spacial score (nSPS) is 12.5. The van der Waals surface area contributed by atoms with E-state index in [0.717, 1.165) is 24.2 Å². The molecule has 0 aliphatic rings. The minimum atomic E-state index is 0.0815. The van der Waals surface area contributed by atoms with E-state index in [-0.39, 0.29) is 6.04 Å². The number of nitrogens with two attached hydrogens (primary N) is 1. The van der Waals surface area contributed by atoms with Crippen molar-refractivity contribution in [1.82, 2.24) is 0 Å². The van der Waals surface area contributed by atoms with Crippen molar-refractivity contribution >= 4 is 0 Å². The van der Waals surface area contributed by atoms with Crippen molar-refractivity contribution in [3.8, 4) is 5.75 Å². The van der Waals surface area contributed by atoms with Gasteiger partial charge in [0.1, 0.15) is 5.75 Å². The van der Waals surface area contributed by atoms with Crippen LogP contribution in [0.15, 0.2) is 18.2 Å². The van der Waals surface area contributed by atoms with Crippen molar-refractivity contribution in [2.45, 2.75) is 39.7 Å². The quantitative estimate of drug-likeness (QED) is 0.805. The number of rotatable bonds is 5. The Balaban J connectivity index is 3.04. The number of benzene rings is 1. The second kappa shape index (κ2) is 5.76. The molecule has 0 heterocycles. The molecule has 1 atom stereocenters. The topological polar surface area (TPSA) is 35.2 Å². The Hall–Kier alpha value is -1.02. The lowest BCUT2D eigenvalue weighted by atomic mass is 10.0. The van der Waals surface area contributed by atoms with E-state index in [1.54, 1.807) is 0 Å². The summed E-state index contributed by atoms with van der Waals surface area (Å²) in [5.41, 5.74) is 8.52. The SMILES string of the molecule is CCOc1ccc(CC)cc1C(N)CC. The third kappa shape index (κ3) is 2.96. The minimum Gasteiger partial charge on any atom is -0.494 e. The molecule has 0 saturated carbocycles. The molecule has 84 valence electrons. The van der Waals surface area contributed by atoms with E-state index < -0.39 is 0 Å². The smallest absolute Gasteiger partial charge is 0.124 e. The molecule has 0 aromatic heterocycles.